The normalized spacial score (nSPS) is 12.3. The van der Waals surface area contributed by atoms with Gasteiger partial charge in [-0.25, -0.2) is 4.79 Å². The molecule has 1 rings (SSSR count). The molecular formula is C12H17NO2. The first-order valence-electron chi connectivity index (χ1n) is 4.95. The fourth-order valence-corrected chi connectivity index (χ4v) is 1.54. The number of carboxylic acid groups (broad SMARTS) is 1. The maximum absolute atomic E-state index is 10.8. The van der Waals surface area contributed by atoms with Crippen molar-refractivity contribution in [3.8, 4) is 0 Å². The lowest BCUT2D eigenvalue weighted by molar-refractivity contribution is -0.138. The molecule has 0 radical (unpaired) electrons. The van der Waals surface area contributed by atoms with Gasteiger partial charge in [-0.3, -0.25) is 0 Å². The Bertz CT molecular complexity index is 354. The van der Waals surface area contributed by atoms with Gasteiger partial charge in [0.2, 0.25) is 0 Å². The van der Waals surface area contributed by atoms with Gasteiger partial charge < -0.3 is 10.0 Å². The van der Waals surface area contributed by atoms with Crippen molar-refractivity contribution < 1.29 is 9.90 Å². The Balaban J connectivity index is 3.00. The molecule has 0 fully saturated rings. The van der Waals surface area contributed by atoms with E-state index < -0.39 is 12.0 Å². The number of hydrogen-bond donors (Lipinski definition) is 1. The van der Waals surface area contributed by atoms with E-state index in [1.54, 1.807) is 18.9 Å². The van der Waals surface area contributed by atoms with Crippen molar-refractivity contribution in [3.05, 3.63) is 29.3 Å². The largest absolute Gasteiger partial charge is 0.480 e. The molecule has 15 heavy (non-hydrogen) atoms. The molecule has 0 amide bonds. The van der Waals surface area contributed by atoms with Crippen LogP contribution in [0.1, 0.15) is 18.1 Å². The predicted octanol–water partition coefficient (Wildman–Crippen LogP) is 2.21. The lowest BCUT2D eigenvalue weighted by Crippen LogP contribution is -2.35. The molecule has 0 saturated carbocycles. The summed E-state index contributed by atoms with van der Waals surface area (Å²) >= 11 is 0. The molecule has 0 saturated heterocycles. The third kappa shape index (κ3) is 2.72. The molecule has 1 aromatic rings. The minimum absolute atomic E-state index is 0.508. The third-order valence-corrected chi connectivity index (χ3v) is 2.55. The number of likely N-dealkylation sites (N-methyl/N-ethyl adjacent to an activating group) is 1. The lowest BCUT2D eigenvalue weighted by atomic mass is 10.1. The van der Waals surface area contributed by atoms with E-state index in [2.05, 4.69) is 6.07 Å². The number of rotatable bonds is 3. The van der Waals surface area contributed by atoms with Crippen LogP contribution in [0.15, 0.2) is 18.2 Å². The highest BCUT2D eigenvalue weighted by Gasteiger charge is 2.17. The van der Waals surface area contributed by atoms with Crippen LogP contribution < -0.4 is 4.90 Å². The van der Waals surface area contributed by atoms with Gasteiger partial charge in [0.05, 0.1) is 0 Å². The van der Waals surface area contributed by atoms with E-state index in [0.717, 1.165) is 16.8 Å². The number of carbonyl (C=O) groups is 1. The van der Waals surface area contributed by atoms with Gasteiger partial charge in [-0.15, -0.1) is 0 Å². The van der Waals surface area contributed by atoms with Crippen LogP contribution in [0.4, 0.5) is 5.69 Å². The highest BCUT2D eigenvalue weighted by atomic mass is 16.4. The van der Waals surface area contributed by atoms with Crippen molar-refractivity contribution in [1.82, 2.24) is 0 Å². The van der Waals surface area contributed by atoms with Crippen LogP contribution in [0.25, 0.3) is 0 Å². The van der Waals surface area contributed by atoms with Gasteiger partial charge >= 0.3 is 5.97 Å². The zero-order valence-electron chi connectivity index (χ0n) is 9.61. The molecule has 0 unspecified atom stereocenters. The van der Waals surface area contributed by atoms with Crippen molar-refractivity contribution in [1.29, 1.82) is 0 Å². The zero-order chi connectivity index (χ0) is 11.6. The molecule has 82 valence electrons. The topological polar surface area (TPSA) is 40.5 Å². The average Bonchev–Trinajstić information content (AvgIpc) is 2.13. The van der Waals surface area contributed by atoms with E-state index in [0.29, 0.717) is 0 Å². The monoisotopic (exact) mass is 207 g/mol. The third-order valence-electron chi connectivity index (χ3n) is 2.55. The standard InChI is InChI=1S/C12H17NO2/c1-8-5-9(2)7-11(6-8)13(4)10(3)12(14)15/h5-7,10H,1-4H3,(H,14,15)/t10-/m1/s1. The number of benzene rings is 1. The van der Waals surface area contributed by atoms with E-state index in [4.69, 9.17) is 5.11 Å². The van der Waals surface area contributed by atoms with Gasteiger partial charge in [-0.05, 0) is 44.0 Å². The molecule has 0 heterocycles. The van der Waals surface area contributed by atoms with E-state index in [-0.39, 0.29) is 0 Å². The Morgan fingerprint density at radius 2 is 1.73 bits per heavy atom. The molecule has 0 bridgehead atoms. The molecule has 1 aromatic carbocycles. The fraction of sp³-hybridized carbons (Fsp3) is 0.417. The molecule has 1 N–H and O–H groups in total. The van der Waals surface area contributed by atoms with Crippen molar-refractivity contribution in [2.75, 3.05) is 11.9 Å². The minimum atomic E-state index is -0.809. The predicted molar refractivity (Wildman–Crippen MR) is 61.4 cm³/mol. The molecular weight excluding hydrogens is 190 g/mol. The van der Waals surface area contributed by atoms with Gasteiger partial charge in [0.1, 0.15) is 6.04 Å². The van der Waals surface area contributed by atoms with E-state index in [1.807, 2.05) is 26.0 Å². The molecule has 0 spiro atoms. The Morgan fingerprint density at radius 3 is 2.13 bits per heavy atom. The molecule has 0 aliphatic heterocycles. The summed E-state index contributed by atoms with van der Waals surface area (Å²) in [7, 11) is 1.80. The van der Waals surface area contributed by atoms with Gasteiger partial charge in [0.25, 0.3) is 0 Å². The Hall–Kier alpha value is -1.51. The van der Waals surface area contributed by atoms with Crippen LogP contribution in [0, 0.1) is 13.8 Å². The van der Waals surface area contributed by atoms with Crippen LogP contribution in [-0.4, -0.2) is 24.2 Å². The molecule has 3 nitrogen and oxygen atoms in total. The number of carboxylic acids is 1. The zero-order valence-corrected chi connectivity index (χ0v) is 9.61. The second kappa shape index (κ2) is 4.34. The summed E-state index contributed by atoms with van der Waals surface area (Å²) in [5.74, 6) is -0.809. The summed E-state index contributed by atoms with van der Waals surface area (Å²) in [5, 5.41) is 8.91. The van der Waals surface area contributed by atoms with Crippen molar-refractivity contribution in [2.24, 2.45) is 0 Å². The summed E-state index contributed by atoms with van der Waals surface area (Å²) in [4.78, 5) is 12.6. The van der Waals surface area contributed by atoms with Crippen LogP contribution in [0.2, 0.25) is 0 Å². The molecule has 1 atom stereocenters. The molecule has 0 aliphatic carbocycles. The summed E-state index contributed by atoms with van der Waals surface area (Å²) < 4.78 is 0. The van der Waals surface area contributed by atoms with Gasteiger partial charge in [0, 0.05) is 12.7 Å². The fourth-order valence-electron chi connectivity index (χ4n) is 1.54. The number of aliphatic carboxylic acids is 1. The first kappa shape index (κ1) is 11.6. The van der Waals surface area contributed by atoms with Crippen molar-refractivity contribution in [3.63, 3.8) is 0 Å². The highest BCUT2D eigenvalue weighted by molar-refractivity contribution is 5.77. The first-order valence-corrected chi connectivity index (χ1v) is 4.95. The molecule has 3 heteroatoms. The quantitative estimate of drug-likeness (QED) is 0.826. The van der Waals surface area contributed by atoms with Crippen LogP contribution in [0.3, 0.4) is 0 Å². The second-order valence-electron chi connectivity index (χ2n) is 3.97. The minimum Gasteiger partial charge on any atom is -0.480 e. The van der Waals surface area contributed by atoms with Gasteiger partial charge in [0.15, 0.2) is 0 Å². The number of aryl methyl sites for hydroxylation is 2. The van der Waals surface area contributed by atoms with Crippen LogP contribution in [-0.2, 0) is 4.79 Å². The smallest absolute Gasteiger partial charge is 0.326 e. The van der Waals surface area contributed by atoms with Crippen molar-refractivity contribution >= 4 is 11.7 Å². The summed E-state index contributed by atoms with van der Waals surface area (Å²) in [5.41, 5.74) is 3.24. The number of anilines is 1. The SMILES string of the molecule is Cc1cc(C)cc(N(C)[C@H](C)C(=O)O)c1. The van der Waals surface area contributed by atoms with Crippen molar-refractivity contribution in [2.45, 2.75) is 26.8 Å². The Morgan fingerprint density at radius 1 is 1.27 bits per heavy atom. The second-order valence-corrected chi connectivity index (χ2v) is 3.97. The maximum atomic E-state index is 10.8. The number of nitrogens with zero attached hydrogens (tertiary/aromatic N) is 1. The highest BCUT2D eigenvalue weighted by Crippen LogP contribution is 2.19. The van der Waals surface area contributed by atoms with E-state index in [1.165, 1.54) is 0 Å². The van der Waals surface area contributed by atoms with Gasteiger partial charge in [-0.2, -0.15) is 0 Å². The van der Waals surface area contributed by atoms with Crippen LogP contribution >= 0.6 is 0 Å². The van der Waals surface area contributed by atoms with E-state index >= 15 is 0 Å². The van der Waals surface area contributed by atoms with E-state index in [9.17, 15) is 4.79 Å². The first-order chi connectivity index (χ1) is 6.91. The maximum Gasteiger partial charge on any atom is 0.326 e. The molecule has 0 aromatic heterocycles. The Labute approximate surface area is 90.3 Å². The van der Waals surface area contributed by atoms with Gasteiger partial charge in [-0.1, -0.05) is 6.07 Å². The number of hydrogen-bond acceptors (Lipinski definition) is 2. The van der Waals surface area contributed by atoms with Crippen LogP contribution in [0.5, 0.6) is 0 Å². The summed E-state index contributed by atoms with van der Waals surface area (Å²) in [6.45, 7) is 5.70. The lowest BCUT2D eigenvalue weighted by Gasteiger charge is -2.24. The molecule has 0 aliphatic rings. The Kier molecular flexibility index (Phi) is 3.35. The summed E-state index contributed by atoms with van der Waals surface area (Å²) in [6, 6.07) is 5.55. The summed E-state index contributed by atoms with van der Waals surface area (Å²) in [6.07, 6.45) is 0. The average molecular weight is 207 g/mol.